The Bertz CT molecular complexity index is 341. The van der Waals surface area contributed by atoms with Gasteiger partial charge in [-0.05, 0) is 31.1 Å². The van der Waals surface area contributed by atoms with Gasteiger partial charge >= 0.3 is 0 Å². The zero-order valence-electron chi connectivity index (χ0n) is 13.6. The largest absolute Gasteiger partial charge is 0.343 e. The second-order valence-electron chi connectivity index (χ2n) is 6.50. The molecule has 1 heterocycles. The van der Waals surface area contributed by atoms with Crippen LogP contribution in [-0.4, -0.2) is 35.3 Å². The van der Waals surface area contributed by atoms with E-state index in [0.29, 0.717) is 24.8 Å². The Morgan fingerprint density at radius 1 is 1.20 bits per heavy atom. The predicted octanol–water partition coefficient (Wildman–Crippen LogP) is 2.57. The third-order valence-electron chi connectivity index (χ3n) is 3.97. The molecule has 0 aliphatic carbocycles. The molecular weight excluding hydrogens is 252 g/mol. The Labute approximate surface area is 123 Å². The van der Waals surface area contributed by atoms with Gasteiger partial charge in [0.2, 0.25) is 11.8 Å². The van der Waals surface area contributed by atoms with Crippen molar-refractivity contribution in [2.75, 3.05) is 6.54 Å². The number of amides is 2. The van der Waals surface area contributed by atoms with Gasteiger partial charge in [0, 0.05) is 6.54 Å². The zero-order chi connectivity index (χ0) is 15.3. The molecule has 1 rings (SSSR count). The molecule has 1 fully saturated rings. The van der Waals surface area contributed by atoms with Gasteiger partial charge in [0.25, 0.3) is 0 Å². The molecule has 1 aliphatic rings. The lowest BCUT2D eigenvalue weighted by Gasteiger charge is -2.40. The van der Waals surface area contributed by atoms with Crippen molar-refractivity contribution in [3.05, 3.63) is 0 Å². The Morgan fingerprint density at radius 3 is 2.35 bits per heavy atom. The maximum absolute atomic E-state index is 12.5. The number of piperazine rings is 1. The van der Waals surface area contributed by atoms with Crippen LogP contribution in [0, 0.1) is 11.8 Å². The van der Waals surface area contributed by atoms with Gasteiger partial charge in [-0.15, -0.1) is 0 Å². The number of hydrogen-bond donors (Lipinski definition) is 1. The monoisotopic (exact) mass is 282 g/mol. The molecule has 0 aromatic carbocycles. The van der Waals surface area contributed by atoms with E-state index in [2.05, 4.69) is 33.0 Å². The van der Waals surface area contributed by atoms with E-state index in [0.717, 1.165) is 19.3 Å². The van der Waals surface area contributed by atoms with Crippen LogP contribution in [-0.2, 0) is 9.59 Å². The summed E-state index contributed by atoms with van der Waals surface area (Å²) in [5, 5.41) is 2.88. The first-order valence-corrected chi connectivity index (χ1v) is 8.01. The first-order valence-electron chi connectivity index (χ1n) is 8.01. The minimum absolute atomic E-state index is 0.0221. The molecule has 20 heavy (non-hydrogen) atoms. The molecule has 0 aromatic heterocycles. The minimum atomic E-state index is -0.334. The lowest BCUT2D eigenvalue weighted by Crippen LogP contribution is -2.64. The lowest BCUT2D eigenvalue weighted by molar-refractivity contribution is -0.150. The second kappa shape index (κ2) is 7.65. The number of carbonyl (C=O) groups is 2. The van der Waals surface area contributed by atoms with E-state index in [9.17, 15) is 9.59 Å². The van der Waals surface area contributed by atoms with Crippen LogP contribution in [0.2, 0.25) is 0 Å². The van der Waals surface area contributed by atoms with Crippen LogP contribution in [0.4, 0.5) is 0 Å². The molecule has 0 bridgehead atoms. The summed E-state index contributed by atoms with van der Waals surface area (Å²) in [5.74, 6) is 0.970. The molecule has 0 saturated carbocycles. The van der Waals surface area contributed by atoms with Crippen molar-refractivity contribution in [3.8, 4) is 0 Å². The molecule has 1 saturated heterocycles. The molecule has 1 N–H and O–H groups in total. The van der Waals surface area contributed by atoms with Crippen LogP contribution < -0.4 is 5.32 Å². The lowest BCUT2D eigenvalue weighted by atomic mass is 9.95. The quantitative estimate of drug-likeness (QED) is 0.780. The highest BCUT2D eigenvalue weighted by atomic mass is 16.2. The molecule has 0 aromatic rings. The van der Waals surface area contributed by atoms with E-state index in [1.54, 1.807) is 0 Å². The van der Waals surface area contributed by atoms with E-state index in [1.807, 2.05) is 11.8 Å². The van der Waals surface area contributed by atoms with Crippen LogP contribution in [0.25, 0.3) is 0 Å². The molecule has 116 valence electrons. The number of carbonyl (C=O) groups excluding carboxylic acids is 2. The average molecular weight is 282 g/mol. The van der Waals surface area contributed by atoms with Crippen molar-refractivity contribution < 1.29 is 9.59 Å². The summed E-state index contributed by atoms with van der Waals surface area (Å²) in [5.41, 5.74) is 0. The van der Waals surface area contributed by atoms with Crippen molar-refractivity contribution in [2.24, 2.45) is 11.8 Å². The molecular formula is C16H30N2O2. The number of nitrogens with one attached hydrogen (secondary N) is 1. The SMILES string of the molecule is CCCC(C)CN1C(=O)C(CC)NC(=O)C1CC(C)C. The van der Waals surface area contributed by atoms with Gasteiger partial charge in [-0.3, -0.25) is 9.59 Å². The third-order valence-corrected chi connectivity index (χ3v) is 3.97. The van der Waals surface area contributed by atoms with Crippen molar-refractivity contribution in [2.45, 2.75) is 72.4 Å². The highest BCUT2D eigenvalue weighted by molar-refractivity contribution is 5.96. The first-order chi connectivity index (χ1) is 9.40. The van der Waals surface area contributed by atoms with Gasteiger partial charge in [0.15, 0.2) is 0 Å². The van der Waals surface area contributed by atoms with E-state index >= 15 is 0 Å². The summed E-state index contributed by atoms with van der Waals surface area (Å²) in [6, 6.07) is -0.621. The fourth-order valence-corrected chi connectivity index (χ4v) is 2.92. The molecule has 1 aliphatic heterocycles. The predicted molar refractivity (Wildman–Crippen MR) is 81.2 cm³/mol. The van der Waals surface area contributed by atoms with Gasteiger partial charge in [0.05, 0.1) is 0 Å². The van der Waals surface area contributed by atoms with Gasteiger partial charge in [-0.2, -0.15) is 0 Å². The van der Waals surface area contributed by atoms with Crippen molar-refractivity contribution in [1.29, 1.82) is 0 Å². The van der Waals surface area contributed by atoms with Crippen molar-refractivity contribution >= 4 is 11.8 Å². The molecule has 4 nitrogen and oxygen atoms in total. The van der Waals surface area contributed by atoms with Crippen LogP contribution in [0.1, 0.15) is 60.3 Å². The number of nitrogens with zero attached hydrogens (tertiary/aromatic N) is 1. The molecule has 0 spiro atoms. The molecule has 0 radical (unpaired) electrons. The highest BCUT2D eigenvalue weighted by Gasteiger charge is 2.40. The topological polar surface area (TPSA) is 49.4 Å². The Kier molecular flexibility index (Phi) is 6.50. The van der Waals surface area contributed by atoms with E-state index in [1.165, 1.54) is 0 Å². The molecule has 4 heteroatoms. The van der Waals surface area contributed by atoms with Gasteiger partial charge in [-0.1, -0.05) is 41.0 Å². The minimum Gasteiger partial charge on any atom is -0.343 e. The first kappa shape index (κ1) is 17.0. The maximum Gasteiger partial charge on any atom is 0.245 e. The van der Waals surface area contributed by atoms with Gasteiger partial charge in [-0.25, -0.2) is 0 Å². The summed E-state index contributed by atoms with van der Waals surface area (Å²) in [4.78, 5) is 26.7. The Hall–Kier alpha value is -1.06. The summed E-state index contributed by atoms with van der Waals surface area (Å²) < 4.78 is 0. The summed E-state index contributed by atoms with van der Waals surface area (Å²) in [6.07, 6.45) is 3.61. The Balaban J connectivity index is 2.87. The number of rotatable bonds is 7. The normalized spacial score (nSPS) is 25.0. The van der Waals surface area contributed by atoms with Crippen LogP contribution >= 0.6 is 0 Å². The Morgan fingerprint density at radius 2 is 1.85 bits per heavy atom. The van der Waals surface area contributed by atoms with E-state index < -0.39 is 0 Å². The van der Waals surface area contributed by atoms with Crippen LogP contribution in [0.15, 0.2) is 0 Å². The molecule has 2 amide bonds. The van der Waals surface area contributed by atoms with E-state index in [-0.39, 0.29) is 23.9 Å². The van der Waals surface area contributed by atoms with Crippen LogP contribution in [0.3, 0.4) is 0 Å². The maximum atomic E-state index is 12.5. The summed E-state index contributed by atoms with van der Waals surface area (Å²) in [6.45, 7) is 11.2. The molecule has 3 unspecified atom stereocenters. The standard InChI is InChI=1S/C16H30N2O2/c1-6-8-12(5)10-18-14(9-11(3)4)15(19)17-13(7-2)16(18)20/h11-14H,6-10H2,1-5H3,(H,17,19). The summed E-state index contributed by atoms with van der Waals surface area (Å²) >= 11 is 0. The molecule has 3 atom stereocenters. The third kappa shape index (κ3) is 4.22. The smallest absolute Gasteiger partial charge is 0.245 e. The number of hydrogen-bond acceptors (Lipinski definition) is 2. The zero-order valence-corrected chi connectivity index (χ0v) is 13.6. The van der Waals surface area contributed by atoms with Crippen LogP contribution in [0.5, 0.6) is 0 Å². The summed E-state index contributed by atoms with van der Waals surface area (Å²) in [7, 11) is 0. The van der Waals surface area contributed by atoms with Crippen molar-refractivity contribution in [3.63, 3.8) is 0 Å². The van der Waals surface area contributed by atoms with E-state index in [4.69, 9.17) is 0 Å². The average Bonchev–Trinajstić information content (AvgIpc) is 2.37. The fraction of sp³-hybridized carbons (Fsp3) is 0.875. The fourth-order valence-electron chi connectivity index (χ4n) is 2.92. The van der Waals surface area contributed by atoms with Gasteiger partial charge in [0.1, 0.15) is 12.1 Å². The van der Waals surface area contributed by atoms with Crippen molar-refractivity contribution in [1.82, 2.24) is 10.2 Å². The second-order valence-corrected chi connectivity index (χ2v) is 6.50. The van der Waals surface area contributed by atoms with Gasteiger partial charge < -0.3 is 10.2 Å². The highest BCUT2D eigenvalue weighted by Crippen LogP contribution is 2.21.